The number of hydrogen-bond donors (Lipinski definition) is 3. The Bertz CT molecular complexity index is 1290. The summed E-state index contributed by atoms with van der Waals surface area (Å²) < 4.78 is 10.9. The summed E-state index contributed by atoms with van der Waals surface area (Å²) in [5, 5.41) is 15.2. The number of aliphatic carboxylic acids is 1. The molecule has 0 spiro atoms. The van der Waals surface area contributed by atoms with Gasteiger partial charge in [-0.3, -0.25) is 9.59 Å². The Kier molecular flexibility index (Phi) is 11.5. The van der Waals surface area contributed by atoms with Crippen LogP contribution in [-0.2, 0) is 37.6 Å². The van der Waals surface area contributed by atoms with Crippen molar-refractivity contribution in [2.45, 2.75) is 64.1 Å². The second-order valence-electron chi connectivity index (χ2n) is 10.8. The minimum absolute atomic E-state index is 0.233. The van der Waals surface area contributed by atoms with E-state index in [1.165, 1.54) is 7.11 Å². The highest BCUT2D eigenvalue weighted by atomic mass is 16.5. The van der Waals surface area contributed by atoms with Crippen LogP contribution in [0.2, 0.25) is 0 Å². The molecular formula is C33H40N2O6. The summed E-state index contributed by atoms with van der Waals surface area (Å²) in [6, 6.07) is 23.4. The zero-order valence-corrected chi connectivity index (χ0v) is 24.2. The van der Waals surface area contributed by atoms with Crippen molar-refractivity contribution in [3.63, 3.8) is 0 Å². The molecule has 8 nitrogen and oxygen atoms in total. The van der Waals surface area contributed by atoms with Crippen LogP contribution in [0, 0.1) is 6.92 Å². The van der Waals surface area contributed by atoms with Crippen molar-refractivity contribution in [2.24, 2.45) is 0 Å². The van der Waals surface area contributed by atoms with Crippen LogP contribution in [0.1, 0.15) is 48.9 Å². The number of nitrogens with one attached hydrogen (secondary N) is 2. The Balaban J connectivity index is 1.61. The highest BCUT2D eigenvalue weighted by Crippen LogP contribution is 2.31. The van der Waals surface area contributed by atoms with E-state index in [1.807, 2.05) is 79.7 Å². The first kappa shape index (κ1) is 31.4. The topological polar surface area (TPSA) is 114 Å². The summed E-state index contributed by atoms with van der Waals surface area (Å²) in [4.78, 5) is 37.0. The van der Waals surface area contributed by atoms with Crippen LogP contribution in [0.3, 0.4) is 0 Å². The fraction of sp³-hybridized carbons (Fsp3) is 0.364. The van der Waals surface area contributed by atoms with Crippen LogP contribution in [0.25, 0.3) is 0 Å². The van der Waals surface area contributed by atoms with Crippen molar-refractivity contribution in [3.05, 3.63) is 101 Å². The van der Waals surface area contributed by atoms with Gasteiger partial charge in [-0.05, 0) is 53.6 Å². The minimum Gasteiger partial charge on any atom is -0.489 e. The summed E-state index contributed by atoms with van der Waals surface area (Å²) in [5.74, 6) is -1.45. The van der Waals surface area contributed by atoms with E-state index >= 15 is 0 Å². The standard InChI is InChI=1S/C33H40N2O6/c1-23-19-26(15-16-29(23)41-22-25-13-9-6-10-14-25)33(2,3)17-18-34-27(21-30(36)37)31(38)35-28(32(39)40-4)20-24-11-7-5-8-12-24/h5-16,19,27-28,34H,17-18,20-22H2,1-4H3,(H,35,38)(H,36,37)/t27-,28+/m1/s1. The van der Waals surface area contributed by atoms with Crippen molar-refractivity contribution in [2.75, 3.05) is 13.7 Å². The maximum Gasteiger partial charge on any atom is 0.328 e. The van der Waals surface area contributed by atoms with Crippen LogP contribution in [0.4, 0.5) is 0 Å². The third-order valence-electron chi connectivity index (χ3n) is 7.11. The molecule has 8 heteroatoms. The molecule has 218 valence electrons. The monoisotopic (exact) mass is 560 g/mol. The van der Waals surface area contributed by atoms with Crippen LogP contribution in [0.15, 0.2) is 78.9 Å². The lowest BCUT2D eigenvalue weighted by Gasteiger charge is -2.28. The second kappa shape index (κ2) is 15.0. The quantitative estimate of drug-likeness (QED) is 0.233. The Morgan fingerprint density at radius 3 is 2.12 bits per heavy atom. The molecule has 3 N–H and O–H groups in total. The van der Waals surface area contributed by atoms with Crippen LogP contribution in [-0.4, -0.2) is 48.7 Å². The third kappa shape index (κ3) is 9.76. The second-order valence-corrected chi connectivity index (χ2v) is 10.8. The number of carbonyl (C=O) groups is 3. The van der Waals surface area contributed by atoms with Crippen LogP contribution >= 0.6 is 0 Å². The first-order valence-corrected chi connectivity index (χ1v) is 13.7. The Morgan fingerprint density at radius 1 is 0.902 bits per heavy atom. The zero-order valence-electron chi connectivity index (χ0n) is 24.2. The van der Waals surface area contributed by atoms with Gasteiger partial charge in [-0.15, -0.1) is 0 Å². The summed E-state index contributed by atoms with van der Waals surface area (Å²) in [6.45, 7) is 7.11. The average Bonchev–Trinajstić information content (AvgIpc) is 2.96. The van der Waals surface area contributed by atoms with Gasteiger partial charge in [-0.1, -0.05) is 86.6 Å². The molecule has 0 saturated heterocycles. The average molecular weight is 561 g/mol. The van der Waals surface area contributed by atoms with Crippen molar-refractivity contribution in [1.29, 1.82) is 0 Å². The summed E-state index contributed by atoms with van der Waals surface area (Å²) in [5.41, 5.74) is 3.81. The molecular weight excluding hydrogens is 520 g/mol. The number of carbonyl (C=O) groups excluding carboxylic acids is 2. The SMILES string of the molecule is COC(=O)[C@H](Cc1ccccc1)NC(=O)[C@@H](CC(=O)O)NCCC(C)(C)c1ccc(OCc2ccccc2)c(C)c1. The molecule has 0 radical (unpaired) electrons. The first-order valence-electron chi connectivity index (χ1n) is 13.7. The van der Waals surface area contributed by atoms with Gasteiger partial charge in [0.1, 0.15) is 18.4 Å². The van der Waals surface area contributed by atoms with Crippen molar-refractivity contribution in [1.82, 2.24) is 10.6 Å². The van der Waals surface area contributed by atoms with Gasteiger partial charge in [0.15, 0.2) is 0 Å². The third-order valence-corrected chi connectivity index (χ3v) is 7.11. The van der Waals surface area contributed by atoms with E-state index in [0.717, 1.165) is 28.0 Å². The molecule has 0 aliphatic rings. The maximum absolute atomic E-state index is 13.1. The molecule has 0 aliphatic carbocycles. The molecule has 3 aromatic carbocycles. The fourth-order valence-corrected chi connectivity index (χ4v) is 4.56. The van der Waals surface area contributed by atoms with E-state index in [1.54, 1.807) is 0 Å². The van der Waals surface area contributed by atoms with E-state index in [-0.39, 0.29) is 11.8 Å². The van der Waals surface area contributed by atoms with Crippen LogP contribution < -0.4 is 15.4 Å². The van der Waals surface area contributed by atoms with Gasteiger partial charge >= 0.3 is 11.9 Å². The molecule has 0 unspecified atom stereocenters. The van der Waals surface area contributed by atoms with Gasteiger partial charge < -0.3 is 25.2 Å². The Morgan fingerprint density at radius 2 is 1.54 bits per heavy atom. The molecule has 0 saturated carbocycles. The molecule has 2 atom stereocenters. The van der Waals surface area contributed by atoms with E-state index in [2.05, 4.69) is 30.5 Å². The first-order chi connectivity index (χ1) is 19.6. The molecule has 41 heavy (non-hydrogen) atoms. The molecule has 0 bridgehead atoms. The maximum atomic E-state index is 13.1. The molecule has 0 aromatic heterocycles. The summed E-state index contributed by atoms with van der Waals surface area (Å²) >= 11 is 0. The Hall–Kier alpha value is -4.17. The number of carboxylic acid groups (broad SMARTS) is 1. The fourth-order valence-electron chi connectivity index (χ4n) is 4.56. The number of carboxylic acids is 1. The number of hydrogen-bond acceptors (Lipinski definition) is 6. The lowest BCUT2D eigenvalue weighted by Crippen LogP contribution is -2.52. The van der Waals surface area contributed by atoms with Crippen LogP contribution in [0.5, 0.6) is 5.75 Å². The lowest BCUT2D eigenvalue weighted by atomic mass is 9.81. The van der Waals surface area contributed by atoms with Gasteiger partial charge in [0.25, 0.3) is 0 Å². The number of aryl methyl sites for hydroxylation is 1. The van der Waals surface area contributed by atoms with Gasteiger partial charge in [-0.25, -0.2) is 4.79 Å². The van der Waals surface area contributed by atoms with E-state index in [0.29, 0.717) is 19.6 Å². The predicted octanol–water partition coefficient (Wildman–Crippen LogP) is 4.58. The van der Waals surface area contributed by atoms with Gasteiger partial charge in [0.2, 0.25) is 5.91 Å². The van der Waals surface area contributed by atoms with E-state index in [9.17, 15) is 19.5 Å². The number of amides is 1. The highest BCUT2D eigenvalue weighted by Gasteiger charge is 2.29. The van der Waals surface area contributed by atoms with Crippen molar-refractivity contribution < 1.29 is 29.0 Å². The predicted molar refractivity (Wildman–Crippen MR) is 158 cm³/mol. The summed E-state index contributed by atoms with van der Waals surface area (Å²) in [7, 11) is 1.26. The molecule has 0 fully saturated rings. The smallest absolute Gasteiger partial charge is 0.328 e. The van der Waals surface area contributed by atoms with E-state index < -0.39 is 36.4 Å². The number of methoxy groups -OCH3 is 1. The zero-order chi connectivity index (χ0) is 29.8. The molecule has 3 rings (SSSR count). The summed E-state index contributed by atoms with van der Waals surface area (Å²) in [6.07, 6.45) is 0.457. The van der Waals surface area contributed by atoms with Gasteiger partial charge in [-0.2, -0.15) is 0 Å². The molecule has 1 amide bonds. The normalized spacial score (nSPS) is 12.7. The minimum atomic E-state index is -1.11. The lowest BCUT2D eigenvalue weighted by molar-refractivity contribution is -0.145. The largest absolute Gasteiger partial charge is 0.489 e. The number of esters is 1. The van der Waals surface area contributed by atoms with Gasteiger partial charge in [0, 0.05) is 6.42 Å². The highest BCUT2D eigenvalue weighted by molar-refractivity contribution is 5.90. The molecule has 0 heterocycles. The molecule has 3 aromatic rings. The van der Waals surface area contributed by atoms with Crippen molar-refractivity contribution >= 4 is 17.8 Å². The number of rotatable bonds is 15. The number of ether oxygens (including phenoxy) is 2. The number of benzene rings is 3. The van der Waals surface area contributed by atoms with Gasteiger partial charge in [0.05, 0.1) is 19.6 Å². The molecule has 0 aliphatic heterocycles. The Labute approximate surface area is 242 Å². The van der Waals surface area contributed by atoms with E-state index in [4.69, 9.17) is 9.47 Å². The van der Waals surface area contributed by atoms with Crippen molar-refractivity contribution in [3.8, 4) is 5.75 Å².